The molecule has 5 heteroatoms. The standard InChI is InChI=1S/C2HCl2NS2/c3-1-2(4)6-7-5-1/h2H/t2-/m1/s1. The third kappa shape index (κ3) is 1.42. The van der Waals surface area contributed by atoms with E-state index in [9.17, 15) is 0 Å². The maximum Gasteiger partial charge on any atom is 0.144 e. The molecule has 0 bridgehead atoms. The van der Waals surface area contributed by atoms with Gasteiger partial charge in [-0.25, -0.2) is 0 Å². The van der Waals surface area contributed by atoms with Crippen LogP contribution < -0.4 is 0 Å². The van der Waals surface area contributed by atoms with Crippen LogP contribution in [0.5, 0.6) is 0 Å². The molecule has 1 aliphatic heterocycles. The van der Waals surface area contributed by atoms with E-state index in [1.807, 2.05) is 0 Å². The van der Waals surface area contributed by atoms with Crippen molar-refractivity contribution >= 4 is 50.1 Å². The van der Waals surface area contributed by atoms with Crippen LogP contribution >= 0.6 is 45.0 Å². The van der Waals surface area contributed by atoms with Gasteiger partial charge in [0.2, 0.25) is 0 Å². The summed E-state index contributed by atoms with van der Waals surface area (Å²) in [4.78, 5) is 0. The van der Waals surface area contributed by atoms with Crippen molar-refractivity contribution < 1.29 is 0 Å². The SMILES string of the molecule is ClC1=NSS[C@H]1Cl. The van der Waals surface area contributed by atoms with Gasteiger partial charge >= 0.3 is 0 Å². The van der Waals surface area contributed by atoms with Crippen LogP contribution in [0.3, 0.4) is 0 Å². The highest BCUT2D eigenvalue weighted by atomic mass is 35.5. The zero-order chi connectivity index (χ0) is 5.28. The van der Waals surface area contributed by atoms with Crippen molar-refractivity contribution in [2.75, 3.05) is 0 Å². The van der Waals surface area contributed by atoms with Crippen LogP contribution in [0.2, 0.25) is 0 Å². The number of nitrogens with zero attached hydrogens (tertiary/aromatic N) is 1. The van der Waals surface area contributed by atoms with Gasteiger partial charge in [-0.3, -0.25) is 0 Å². The third-order valence-corrected chi connectivity index (χ3v) is 3.68. The van der Waals surface area contributed by atoms with Crippen LogP contribution in [0, 0.1) is 0 Å². The summed E-state index contributed by atoms with van der Waals surface area (Å²) in [6, 6.07) is 0. The fourth-order valence-electron chi connectivity index (χ4n) is 0.176. The average molecular weight is 174 g/mol. The lowest BCUT2D eigenvalue weighted by Crippen LogP contribution is -1.94. The van der Waals surface area contributed by atoms with Crippen molar-refractivity contribution in [3.63, 3.8) is 0 Å². The minimum atomic E-state index is -0.119. The quantitative estimate of drug-likeness (QED) is 0.317. The summed E-state index contributed by atoms with van der Waals surface area (Å²) < 4.78 is 3.63. The molecule has 0 unspecified atom stereocenters. The number of alkyl halides is 1. The highest BCUT2D eigenvalue weighted by Gasteiger charge is 2.17. The fourth-order valence-corrected chi connectivity index (χ4v) is 2.46. The Morgan fingerprint density at radius 3 is 2.57 bits per heavy atom. The van der Waals surface area contributed by atoms with Crippen LogP contribution in [-0.4, -0.2) is 9.88 Å². The maximum absolute atomic E-state index is 5.54. The van der Waals surface area contributed by atoms with E-state index in [4.69, 9.17) is 23.2 Å². The fraction of sp³-hybridized carbons (Fsp3) is 0.500. The highest BCUT2D eigenvalue weighted by molar-refractivity contribution is 8.77. The predicted molar refractivity (Wildman–Crippen MR) is 38.1 cm³/mol. The lowest BCUT2D eigenvalue weighted by Gasteiger charge is -1.87. The van der Waals surface area contributed by atoms with Gasteiger partial charge in [0.05, 0.1) is 0 Å². The van der Waals surface area contributed by atoms with E-state index in [0.717, 1.165) is 0 Å². The molecule has 0 fully saturated rings. The molecular weight excluding hydrogens is 173 g/mol. The highest BCUT2D eigenvalue weighted by Crippen LogP contribution is 2.38. The van der Waals surface area contributed by atoms with Crippen LogP contribution in [0.25, 0.3) is 0 Å². The summed E-state index contributed by atoms with van der Waals surface area (Å²) in [6.07, 6.45) is 0. The Kier molecular flexibility index (Phi) is 2.16. The molecule has 0 spiro atoms. The van der Waals surface area contributed by atoms with E-state index in [0.29, 0.717) is 5.17 Å². The summed E-state index contributed by atoms with van der Waals surface area (Å²) in [6.45, 7) is 0. The van der Waals surface area contributed by atoms with Gasteiger partial charge < -0.3 is 0 Å². The van der Waals surface area contributed by atoms with Gasteiger partial charge in [0, 0.05) is 11.0 Å². The first-order valence-corrected chi connectivity index (χ1v) is 4.49. The van der Waals surface area contributed by atoms with E-state index in [-0.39, 0.29) is 4.71 Å². The van der Waals surface area contributed by atoms with Crippen molar-refractivity contribution in [1.29, 1.82) is 0 Å². The molecule has 7 heavy (non-hydrogen) atoms. The minimum absolute atomic E-state index is 0.119. The Morgan fingerprint density at radius 1 is 1.71 bits per heavy atom. The number of halogens is 2. The topological polar surface area (TPSA) is 12.4 Å². The van der Waals surface area contributed by atoms with E-state index < -0.39 is 0 Å². The Balaban J connectivity index is 2.54. The first kappa shape index (κ1) is 6.08. The smallest absolute Gasteiger partial charge is 0.144 e. The summed E-state index contributed by atoms with van der Waals surface area (Å²) >= 11 is 11.0. The van der Waals surface area contributed by atoms with Crippen molar-refractivity contribution in [3.8, 4) is 0 Å². The third-order valence-electron chi connectivity index (χ3n) is 0.439. The Hall–Kier alpha value is 0.950. The molecule has 1 aliphatic rings. The molecule has 0 aromatic carbocycles. The average Bonchev–Trinajstić information content (AvgIpc) is 1.91. The molecular formula is C2HCl2NS2. The molecule has 0 aliphatic carbocycles. The van der Waals surface area contributed by atoms with Crippen molar-refractivity contribution in [3.05, 3.63) is 0 Å². The Labute approximate surface area is 59.4 Å². The van der Waals surface area contributed by atoms with Crippen molar-refractivity contribution in [2.45, 2.75) is 4.71 Å². The molecule has 0 aromatic heterocycles. The van der Waals surface area contributed by atoms with Crippen LogP contribution in [0.15, 0.2) is 4.40 Å². The summed E-state index contributed by atoms with van der Waals surface area (Å²) in [5, 5.41) is 0.497. The second kappa shape index (κ2) is 2.49. The van der Waals surface area contributed by atoms with Crippen LogP contribution in [0.4, 0.5) is 0 Å². The van der Waals surface area contributed by atoms with Gasteiger partial charge in [0.1, 0.15) is 9.88 Å². The first-order chi connectivity index (χ1) is 3.30. The molecule has 0 saturated heterocycles. The van der Waals surface area contributed by atoms with Gasteiger partial charge in [-0.2, -0.15) is 4.40 Å². The van der Waals surface area contributed by atoms with Gasteiger partial charge in [0.15, 0.2) is 0 Å². The molecule has 0 amide bonds. The minimum Gasteiger partial charge on any atom is -0.195 e. The molecule has 1 rings (SSSR count). The number of hydrogen-bond donors (Lipinski definition) is 0. The molecule has 0 N–H and O–H groups in total. The van der Waals surface area contributed by atoms with E-state index >= 15 is 0 Å². The number of hydrogen-bond acceptors (Lipinski definition) is 3. The Morgan fingerprint density at radius 2 is 2.43 bits per heavy atom. The summed E-state index contributed by atoms with van der Waals surface area (Å²) in [5.74, 6) is 0. The predicted octanol–water partition coefficient (Wildman–Crippen LogP) is 2.50. The second-order valence-corrected chi connectivity index (χ2v) is 4.00. The molecule has 0 radical (unpaired) electrons. The zero-order valence-corrected chi connectivity index (χ0v) is 6.24. The largest absolute Gasteiger partial charge is 0.195 e. The van der Waals surface area contributed by atoms with Crippen LogP contribution in [-0.2, 0) is 0 Å². The van der Waals surface area contributed by atoms with Crippen LogP contribution in [0.1, 0.15) is 0 Å². The molecule has 1 nitrogen and oxygen atoms in total. The maximum atomic E-state index is 5.54. The molecule has 0 aromatic rings. The molecule has 1 heterocycles. The molecule has 0 saturated carbocycles. The Bertz CT molecular complexity index is 104. The first-order valence-electron chi connectivity index (χ1n) is 1.50. The van der Waals surface area contributed by atoms with E-state index in [1.165, 1.54) is 21.8 Å². The monoisotopic (exact) mass is 173 g/mol. The van der Waals surface area contributed by atoms with Crippen molar-refractivity contribution in [2.24, 2.45) is 4.40 Å². The van der Waals surface area contributed by atoms with Gasteiger partial charge in [-0.05, 0) is 10.8 Å². The second-order valence-electron chi connectivity index (χ2n) is 0.901. The summed E-state index contributed by atoms with van der Waals surface area (Å²) in [5.41, 5.74) is 0. The molecule has 40 valence electrons. The lowest BCUT2D eigenvalue weighted by atomic mass is 10.9. The summed E-state index contributed by atoms with van der Waals surface area (Å²) in [7, 11) is 2.78. The van der Waals surface area contributed by atoms with Gasteiger partial charge in [-0.15, -0.1) is 11.6 Å². The molecule has 1 atom stereocenters. The number of rotatable bonds is 0. The van der Waals surface area contributed by atoms with E-state index in [2.05, 4.69) is 4.40 Å². The normalized spacial score (nSPS) is 30.6. The van der Waals surface area contributed by atoms with Gasteiger partial charge in [-0.1, -0.05) is 11.6 Å². The van der Waals surface area contributed by atoms with Gasteiger partial charge in [0.25, 0.3) is 0 Å². The lowest BCUT2D eigenvalue weighted by molar-refractivity contribution is 1.81. The van der Waals surface area contributed by atoms with Crippen molar-refractivity contribution in [1.82, 2.24) is 0 Å². The zero-order valence-electron chi connectivity index (χ0n) is 3.10. The van der Waals surface area contributed by atoms with E-state index in [1.54, 1.807) is 0 Å².